The van der Waals surface area contributed by atoms with Gasteiger partial charge in [0.2, 0.25) is 5.91 Å². The summed E-state index contributed by atoms with van der Waals surface area (Å²) in [5.74, 6) is 0.0671. The molecule has 0 aliphatic rings. The molecule has 1 amide bonds. The van der Waals surface area contributed by atoms with Crippen LogP contribution in [0.2, 0.25) is 0 Å². The topological polar surface area (TPSA) is 75.6 Å². The zero-order valence-electron chi connectivity index (χ0n) is 12.4. The molecule has 0 atom stereocenters. The van der Waals surface area contributed by atoms with Gasteiger partial charge in [-0.3, -0.25) is 9.59 Å². The number of carboxylic acid groups (broad SMARTS) is 1. The Hall–Kier alpha value is -2.04. The van der Waals surface area contributed by atoms with E-state index in [1.54, 1.807) is 7.11 Å². The van der Waals surface area contributed by atoms with Crippen molar-refractivity contribution < 1.29 is 19.4 Å². The lowest BCUT2D eigenvalue weighted by Gasteiger charge is -2.05. The van der Waals surface area contributed by atoms with Crippen LogP contribution in [-0.4, -0.2) is 30.6 Å². The first-order valence-electron chi connectivity index (χ1n) is 7.23. The lowest BCUT2D eigenvalue weighted by Crippen LogP contribution is -2.24. The Morgan fingerprint density at radius 1 is 1.10 bits per heavy atom. The lowest BCUT2D eigenvalue weighted by molar-refractivity contribution is -0.137. The first-order valence-corrected chi connectivity index (χ1v) is 7.23. The van der Waals surface area contributed by atoms with Crippen molar-refractivity contribution in [1.29, 1.82) is 0 Å². The molecule has 5 nitrogen and oxygen atoms in total. The van der Waals surface area contributed by atoms with Crippen LogP contribution in [0.5, 0.6) is 5.75 Å². The number of aliphatic carboxylic acids is 1. The molecule has 21 heavy (non-hydrogen) atoms. The molecule has 1 rings (SSSR count). The summed E-state index contributed by atoms with van der Waals surface area (Å²) in [6, 6.07) is 7.83. The van der Waals surface area contributed by atoms with Crippen LogP contribution in [0.25, 0.3) is 0 Å². The van der Waals surface area contributed by atoms with Crippen LogP contribution < -0.4 is 10.1 Å². The minimum absolute atomic E-state index is 0.0267. The van der Waals surface area contributed by atoms with Gasteiger partial charge in [-0.15, -0.1) is 0 Å². The zero-order valence-corrected chi connectivity index (χ0v) is 12.4. The molecule has 5 heteroatoms. The van der Waals surface area contributed by atoms with Gasteiger partial charge >= 0.3 is 5.97 Å². The van der Waals surface area contributed by atoms with E-state index in [9.17, 15) is 9.59 Å². The number of hydrogen-bond acceptors (Lipinski definition) is 3. The van der Waals surface area contributed by atoms with E-state index in [4.69, 9.17) is 9.84 Å². The van der Waals surface area contributed by atoms with Crippen molar-refractivity contribution in [2.75, 3.05) is 13.7 Å². The predicted molar refractivity (Wildman–Crippen MR) is 80.4 cm³/mol. The second-order valence-corrected chi connectivity index (χ2v) is 4.90. The molecule has 0 saturated heterocycles. The highest BCUT2D eigenvalue weighted by Crippen LogP contribution is 2.13. The van der Waals surface area contributed by atoms with Gasteiger partial charge in [0, 0.05) is 19.4 Å². The van der Waals surface area contributed by atoms with E-state index < -0.39 is 5.97 Å². The van der Waals surface area contributed by atoms with E-state index in [1.807, 2.05) is 24.3 Å². The molecule has 1 aromatic carbocycles. The fourth-order valence-corrected chi connectivity index (χ4v) is 1.96. The summed E-state index contributed by atoms with van der Waals surface area (Å²) in [6.45, 7) is 0.550. The van der Waals surface area contributed by atoms with Crippen LogP contribution in [-0.2, 0) is 16.0 Å². The summed E-state index contributed by atoms with van der Waals surface area (Å²) >= 11 is 0. The van der Waals surface area contributed by atoms with Crippen LogP contribution in [0, 0.1) is 0 Å². The second-order valence-electron chi connectivity index (χ2n) is 4.90. The van der Waals surface area contributed by atoms with Gasteiger partial charge in [0.25, 0.3) is 0 Å². The SMILES string of the molecule is COc1ccc(CCCC(=O)NCCCCC(=O)O)cc1. The molecule has 0 saturated carbocycles. The predicted octanol–water partition coefficient (Wildman–Crippen LogP) is 2.39. The zero-order chi connectivity index (χ0) is 15.5. The quantitative estimate of drug-likeness (QED) is 0.649. The third-order valence-electron chi connectivity index (χ3n) is 3.17. The molecule has 0 radical (unpaired) electrons. The summed E-state index contributed by atoms with van der Waals surface area (Å²) < 4.78 is 5.09. The van der Waals surface area contributed by atoms with Crippen LogP contribution in [0.3, 0.4) is 0 Å². The summed E-state index contributed by atoms with van der Waals surface area (Å²) in [5, 5.41) is 11.3. The molecule has 1 aromatic rings. The summed E-state index contributed by atoms with van der Waals surface area (Å²) in [5.41, 5.74) is 1.19. The second kappa shape index (κ2) is 9.80. The maximum absolute atomic E-state index is 11.6. The Morgan fingerprint density at radius 3 is 2.43 bits per heavy atom. The Balaban J connectivity index is 2.08. The van der Waals surface area contributed by atoms with Crippen molar-refractivity contribution in [3.05, 3.63) is 29.8 Å². The largest absolute Gasteiger partial charge is 0.497 e. The van der Waals surface area contributed by atoms with Gasteiger partial charge in [0.1, 0.15) is 5.75 Å². The average Bonchev–Trinajstić information content (AvgIpc) is 2.47. The number of nitrogens with one attached hydrogen (secondary N) is 1. The van der Waals surface area contributed by atoms with Crippen molar-refractivity contribution in [2.24, 2.45) is 0 Å². The molecule has 0 heterocycles. The molecular weight excluding hydrogens is 270 g/mol. The van der Waals surface area contributed by atoms with E-state index in [0.717, 1.165) is 18.6 Å². The average molecular weight is 293 g/mol. The minimum Gasteiger partial charge on any atom is -0.497 e. The molecule has 2 N–H and O–H groups in total. The molecular formula is C16H23NO4. The Labute approximate surface area is 125 Å². The van der Waals surface area contributed by atoms with E-state index in [2.05, 4.69) is 5.32 Å². The van der Waals surface area contributed by atoms with Gasteiger partial charge in [-0.05, 0) is 43.4 Å². The van der Waals surface area contributed by atoms with Gasteiger partial charge in [-0.1, -0.05) is 12.1 Å². The third kappa shape index (κ3) is 7.97. The van der Waals surface area contributed by atoms with Crippen molar-refractivity contribution in [3.8, 4) is 5.75 Å². The van der Waals surface area contributed by atoms with Gasteiger partial charge in [0.05, 0.1) is 7.11 Å². The Morgan fingerprint density at radius 2 is 1.81 bits per heavy atom. The van der Waals surface area contributed by atoms with E-state index in [0.29, 0.717) is 25.8 Å². The van der Waals surface area contributed by atoms with Crippen LogP contribution in [0.15, 0.2) is 24.3 Å². The summed E-state index contributed by atoms with van der Waals surface area (Å²) in [7, 11) is 1.63. The highest BCUT2D eigenvalue weighted by Gasteiger charge is 2.02. The third-order valence-corrected chi connectivity index (χ3v) is 3.17. The first kappa shape index (κ1) is 17.0. The number of methoxy groups -OCH3 is 1. The van der Waals surface area contributed by atoms with Crippen LogP contribution in [0.4, 0.5) is 0 Å². The number of amides is 1. The normalized spacial score (nSPS) is 10.1. The monoisotopic (exact) mass is 293 g/mol. The highest BCUT2D eigenvalue weighted by molar-refractivity contribution is 5.75. The highest BCUT2D eigenvalue weighted by atomic mass is 16.5. The molecule has 0 aliphatic heterocycles. The number of ether oxygens (including phenoxy) is 1. The summed E-state index contributed by atoms with van der Waals surface area (Å²) in [4.78, 5) is 21.9. The van der Waals surface area contributed by atoms with E-state index in [-0.39, 0.29) is 12.3 Å². The summed E-state index contributed by atoms with van der Waals surface area (Å²) in [6.07, 6.45) is 3.61. The molecule has 116 valence electrons. The van der Waals surface area contributed by atoms with Crippen molar-refractivity contribution in [1.82, 2.24) is 5.32 Å². The number of carbonyl (C=O) groups is 2. The van der Waals surface area contributed by atoms with Gasteiger partial charge in [-0.25, -0.2) is 0 Å². The van der Waals surface area contributed by atoms with Crippen molar-refractivity contribution >= 4 is 11.9 Å². The van der Waals surface area contributed by atoms with E-state index >= 15 is 0 Å². The van der Waals surface area contributed by atoms with E-state index in [1.165, 1.54) is 5.56 Å². The number of hydrogen-bond donors (Lipinski definition) is 2. The van der Waals surface area contributed by atoms with Crippen LogP contribution in [0.1, 0.15) is 37.7 Å². The standard InChI is InChI=1S/C16H23NO4/c1-21-14-10-8-13(9-11-14)5-4-6-15(18)17-12-3-2-7-16(19)20/h8-11H,2-7,12H2,1H3,(H,17,18)(H,19,20). The first-order chi connectivity index (χ1) is 10.1. The maximum atomic E-state index is 11.6. The smallest absolute Gasteiger partial charge is 0.303 e. The number of unbranched alkanes of at least 4 members (excludes halogenated alkanes) is 1. The molecule has 0 fully saturated rings. The van der Waals surface area contributed by atoms with Crippen molar-refractivity contribution in [2.45, 2.75) is 38.5 Å². The number of carbonyl (C=O) groups excluding carboxylic acids is 1. The number of aryl methyl sites for hydroxylation is 1. The van der Waals surface area contributed by atoms with Crippen molar-refractivity contribution in [3.63, 3.8) is 0 Å². The number of rotatable bonds is 10. The molecule has 0 unspecified atom stereocenters. The van der Waals surface area contributed by atoms with Gasteiger partial charge < -0.3 is 15.2 Å². The lowest BCUT2D eigenvalue weighted by atomic mass is 10.1. The molecule has 0 bridgehead atoms. The minimum atomic E-state index is -0.791. The molecule has 0 spiro atoms. The Bertz CT molecular complexity index is 442. The fraction of sp³-hybridized carbons (Fsp3) is 0.500. The molecule has 0 aliphatic carbocycles. The van der Waals surface area contributed by atoms with Gasteiger partial charge in [-0.2, -0.15) is 0 Å². The number of carboxylic acids is 1. The maximum Gasteiger partial charge on any atom is 0.303 e. The molecule has 0 aromatic heterocycles. The fourth-order valence-electron chi connectivity index (χ4n) is 1.96. The Kier molecular flexibility index (Phi) is 7.94. The van der Waals surface area contributed by atoms with Crippen LogP contribution >= 0.6 is 0 Å². The number of benzene rings is 1. The van der Waals surface area contributed by atoms with Gasteiger partial charge in [0.15, 0.2) is 0 Å².